The molecule has 0 amide bonds. The molecular weight excluding hydrogens is 267 g/mol. The molecule has 0 aromatic heterocycles. The van der Waals surface area contributed by atoms with E-state index in [1.54, 1.807) is 0 Å². The Labute approximate surface area is 118 Å². The van der Waals surface area contributed by atoms with Crippen LogP contribution >= 0.6 is 0 Å². The van der Waals surface area contributed by atoms with Gasteiger partial charge in [0.05, 0.1) is 11.5 Å². The molecule has 2 fully saturated rings. The Morgan fingerprint density at radius 1 is 1.20 bits per heavy atom. The van der Waals surface area contributed by atoms with Gasteiger partial charge in [-0.05, 0) is 50.9 Å². The lowest BCUT2D eigenvalue weighted by Crippen LogP contribution is -2.55. The fourth-order valence-electron chi connectivity index (χ4n) is 4.40. The van der Waals surface area contributed by atoms with Gasteiger partial charge in [-0.3, -0.25) is 0 Å². The molecule has 0 saturated heterocycles. The number of hydrogen-bond donors (Lipinski definition) is 2. The summed E-state index contributed by atoms with van der Waals surface area (Å²) in [6.07, 6.45) is 0.227. The van der Waals surface area contributed by atoms with Crippen LogP contribution < -0.4 is 5.73 Å². The third-order valence-electron chi connectivity index (χ3n) is 5.86. The van der Waals surface area contributed by atoms with Gasteiger partial charge in [0, 0.05) is 12.0 Å². The van der Waals surface area contributed by atoms with Crippen LogP contribution in [0.2, 0.25) is 0 Å². The molecule has 0 bridgehead atoms. The van der Waals surface area contributed by atoms with Crippen molar-refractivity contribution in [3.63, 3.8) is 0 Å². The summed E-state index contributed by atoms with van der Waals surface area (Å²) < 4.78 is 39.0. The monoisotopic (exact) mass is 293 g/mol. The third kappa shape index (κ3) is 2.71. The minimum absolute atomic E-state index is 0.143. The lowest BCUT2D eigenvalue weighted by Gasteiger charge is -2.49. The van der Waals surface area contributed by atoms with E-state index in [1.165, 1.54) is 0 Å². The van der Waals surface area contributed by atoms with Crippen LogP contribution in [-0.2, 0) is 0 Å². The summed E-state index contributed by atoms with van der Waals surface area (Å²) in [5, 5.41) is 11.0. The Hall–Kier alpha value is -0.290. The van der Waals surface area contributed by atoms with Gasteiger partial charge in [-0.15, -0.1) is 0 Å². The van der Waals surface area contributed by atoms with Gasteiger partial charge in [-0.25, -0.2) is 0 Å². The van der Waals surface area contributed by atoms with E-state index in [2.05, 4.69) is 6.92 Å². The first-order valence-electron chi connectivity index (χ1n) is 7.75. The topological polar surface area (TPSA) is 46.2 Å². The second kappa shape index (κ2) is 5.48. The Kier molecular flexibility index (Phi) is 4.41. The van der Waals surface area contributed by atoms with Gasteiger partial charge in [-0.2, -0.15) is 13.2 Å². The van der Waals surface area contributed by atoms with E-state index in [4.69, 9.17) is 5.73 Å². The molecular formula is C15H26F3NO. The van der Waals surface area contributed by atoms with Gasteiger partial charge in [0.1, 0.15) is 0 Å². The molecule has 2 rings (SSSR count). The van der Waals surface area contributed by atoms with Crippen molar-refractivity contribution in [1.29, 1.82) is 0 Å². The highest BCUT2D eigenvalue weighted by Gasteiger charge is 2.57. The molecule has 5 heteroatoms. The van der Waals surface area contributed by atoms with E-state index in [0.717, 1.165) is 25.7 Å². The Bertz CT molecular complexity index is 347. The van der Waals surface area contributed by atoms with Gasteiger partial charge < -0.3 is 10.8 Å². The first kappa shape index (κ1) is 16.1. The van der Waals surface area contributed by atoms with Gasteiger partial charge in [0.25, 0.3) is 0 Å². The second-order valence-corrected chi connectivity index (χ2v) is 6.87. The molecule has 0 radical (unpaired) electrons. The van der Waals surface area contributed by atoms with Crippen LogP contribution in [0.15, 0.2) is 0 Å². The average molecular weight is 293 g/mol. The minimum Gasteiger partial charge on any atom is -0.389 e. The quantitative estimate of drug-likeness (QED) is 0.834. The summed E-state index contributed by atoms with van der Waals surface area (Å²) in [4.78, 5) is 0. The van der Waals surface area contributed by atoms with Crippen molar-refractivity contribution in [2.24, 2.45) is 23.0 Å². The van der Waals surface area contributed by atoms with Crippen molar-refractivity contribution in [3.05, 3.63) is 0 Å². The summed E-state index contributed by atoms with van der Waals surface area (Å²) in [5.74, 6) is -0.876. The van der Waals surface area contributed by atoms with Crippen molar-refractivity contribution in [2.75, 3.05) is 6.54 Å². The molecule has 2 aliphatic rings. The van der Waals surface area contributed by atoms with Crippen molar-refractivity contribution in [2.45, 2.75) is 70.1 Å². The number of alkyl halides is 3. The molecule has 4 unspecified atom stereocenters. The molecule has 118 valence electrons. The highest BCUT2D eigenvalue weighted by molar-refractivity contribution is 5.06. The van der Waals surface area contributed by atoms with Gasteiger partial charge in [-0.1, -0.05) is 13.3 Å². The highest BCUT2D eigenvalue weighted by Crippen LogP contribution is 2.56. The summed E-state index contributed by atoms with van der Waals surface area (Å²) in [5.41, 5.74) is 4.18. The fourth-order valence-corrected chi connectivity index (χ4v) is 4.40. The van der Waals surface area contributed by atoms with E-state index in [0.29, 0.717) is 25.3 Å². The van der Waals surface area contributed by atoms with Crippen molar-refractivity contribution >= 4 is 0 Å². The Balaban J connectivity index is 2.20. The maximum absolute atomic E-state index is 13.0. The fraction of sp³-hybridized carbons (Fsp3) is 1.00. The lowest BCUT2D eigenvalue weighted by molar-refractivity contribution is -0.216. The minimum atomic E-state index is -4.20. The van der Waals surface area contributed by atoms with Crippen LogP contribution in [0, 0.1) is 17.3 Å². The first-order chi connectivity index (χ1) is 9.26. The van der Waals surface area contributed by atoms with Crippen LogP contribution in [-0.4, -0.2) is 23.4 Å². The number of hydrogen-bond acceptors (Lipinski definition) is 2. The average Bonchev–Trinajstić information content (AvgIpc) is 2.83. The standard InChI is InChI=1S/C15H26F3NO/c1-2-11-5-7-13(8-11,10-19)14(20)6-3-4-12(9-14)15(16,17)18/h11-12,20H,2-10,19H2,1H3. The van der Waals surface area contributed by atoms with E-state index < -0.39 is 23.1 Å². The number of rotatable bonds is 3. The predicted octanol–water partition coefficient (Wildman–Crippen LogP) is 3.63. The molecule has 0 spiro atoms. The zero-order valence-electron chi connectivity index (χ0n) is 12.2. The van der Waals surface area contributed by atoms with Gasteiger partial charge in [0.15, 0.2) is 0 Å². The molecule has 0 aromatic carbocycles. The van der Waals surface area contributed by atoms with Crippen LogP contribution in [0.25, 0.3) is 0 Å². The first-order valence-corrected chi connectivity index (χ1v) is 7.75. The van der Waals surface area contributed by atoms with E-state index in [-0.39, 0.29) is 12.8 Å². The van der Waals surface area contributed by atoms with E-state index in [1.807, 2.05) is 0 Å². The maximum atomic E-state index is 13.0. The number of aliphatic hydroxyl groups is 1. The summed E-state index contributed by atoms with van der Waals surface area (Å²) in [6.45, 7) is 2.39. The molecule has 2 aliphatic carbocycles. The second-order valence-electron chi connectivity index (χ2n) is 6.87. The highest BCUT2D eigenvalue weighted by atomic mass is 19.4. The third-order valence-corrected chi connectivity index (χ3v) is 5.86. The number of nitrogens with two attached hydrogens (primary N) is 1. The van der Waals surface area contributed by atoms with Crippen LogP contribution in [0.1, 0.15) is 58.3 Å². The molecule has 20 heavy (non-hydrogen) atoms. The maximum Gasteiger partial charge on any atom is 0.391 e. The Morgan fingerprint density at radius 2 is 1.90 bits per heavy atom. The molecule has 0 heterocycles. The molecule has 2 saturated carbocycles. The lowest BCUT2D eigenvalue weighted by atomic mass is 9.61. The van der Waals surface area contributed by atoms with Gasteiger partial charge >= 0.3 is 6.18 Å². The van der Waals surface area contributed by atoms with Crippen LogP contribution in [0.5, 0.6) is 0 Å². The molecule has 4 atom stereocenters. The van der Waals surface area contributed by atoms with Gasteiger partial charge in [0.2, 0.25) is 0 Å². The zero-order chi connectivity index (χ0) is 15.0. The summed E-state index contributed by atoms with van der Waals surface area (Å²) in [7, 11) is 0. The largest absolute Gasteiger partial charge is 0.391 e. The van der Waals surface area contributed by atoms with Crippen molar-refractivity contribution in [1.82, 2.24) is 0 Å². The van der Waals surface area contributed by atoms with Crippen LogP contribution in [0.4, 0.5) is 13.2 Å². The van der Waals surface area contributed by atoms with Crippen molar-refractivity contribution < 1.29 is 18.3 Å². The number of halogens is 3. The molecule has 0 aliphatic heterocycles. The van der Waals surface area contributed by atoms with E-state index in [9.17, 15) is 18.3 Å². The summed E-state index contributed by atoms with van der Waals surface area (Å²) in [6, 6.07) is 0. The molecule has 2 nitrogen and oxygen atoms in total. The SMILES string of the molecule is CCC1CCC(CN)(C2(O)CCCC(C(F)(F)F)C2)C1. The normalized spacial score (nSPS) is 42.9. The zero-order valence-corrected chi connectivity index (χ0v) is 12.2. The van der Waals surface area contributed by atoms with Crippen molar-refractivity contribution in [3.8, 4) is 0 Å². The smallest absolute Gasteiger partial charge is 0.389 e. The molecule has 3 N–H and O–H groups in total. The predicted molar refractivity (Wildman–Crippen MR) is 72.1 cm³/mol. The van der Waals surface area contributed by atoms with E-state index >= 15 is 0 Å². The Morgan fingerprint density at radius 3 is 2.40 bits per heavy atom. The summed E-state index contributed by atoms with van der Waals surface area (Å²) >= 11 is 0. The van der Waals surface area contributed by atoms with Crippen LogP contribution in [0.3, 0.4) is 0 Å². The molecule has 0 aromatic rings.